The average Bonchev–Trinajstić information content (AvgIpc) is 2.76. The Balaban J connectivity index is 3.18. The Morgan fingerprint density at radius 3 is 1.26 bits per heavy atom. The molecule has 0 N–H and O–H groups in total. The summed E-state index contributed by atoms with van der Waals surface area (Å²) >= 11 is 0. The first-order valence-corrected chi connectivity index (χ1v) is 13.1. The number of unbranched alkanes of at least 4 members (excludes halogenated alkanes) is 14. The van der Waals surface area contributed by atoms with Crippen LogP contribution in [0.5, 0.6) is 0 Å². The van der Waals surface area contributed by atoms with Crippen molar-refractivity contribution in [1.29, 1.82) is 0 Å². The highest BCUT2D eigenvalue weighted by molar-refractivity contribution is 5.69. The third-order valence-corrected chi connectivity index (χ3v) is 5.42. The zero-order valence-corrected chi connectivity index (χ0v) is 20.6. The molecule has 0 aliphatic heterocycles. The molecule has 0 rings (SSSR count). The molecule has 0 heterocycles. The largest absolute Gasteiger partial charge is 0.463 e. The highest BCUT2D eigenvalue weighted by Crippen LogP contribution is 2.13. The monoisotopic (exact) mass is 442 g/mol. The van der Waals surface area contributed by atoms with Gasteiger partial charge in [-0.05, 0) is 12.8 Å². The summed E-state index contributed by atoms with van der Waals surface area (Å²) in [6, 6.07) is 0. The van der Waals surface area contributed by atoms with Crippen LogP contribution >= 0.6 is 0 Å². The predicted molar refractivity (Wildman–Crippen MR) is 127 cm³/mol. The Bertz CT molecular complexity index is 397. The van der Waals surface area contributed by atoms with Crippen molar-refractivity contribution in [1.82, 2.24) is 0 Å². The second-order valence-corrected chi connectivity index (χ2v) is 8.50. The molecular formula is C26H50O5. The summed E-state index contributed by atoms with van der Waals surface area (Å²) in [6.45, 7) is 5.41. The van der Waals surface area contributed by atoms with Crippen molar-refractivity contribution >= 4 is 11.9 Å². The summed E-state index contributed by atoms with van der Waals surface area (Å²) in [4.78, 5) is 22.8. The Morgan fingerprint density at radius 1 is 0.452 bits per heavy atom. The SMILES string of the molecule is CCCCCCCCCCCCCCCCCC(=O)OCCOCCOC(=O)CCC. The lowest BCUT2D eigenvalue weighted by Gasteiger charge is -2.07. The van der Waals surface area contributed by atoms with E-state index in [-0.39, 0.29) is 25.2 Å². The zero-order valence-electron chi connectivity index (χ0n) is 20.6. The van der Waals surface area contributed by atoms with Crippen molar-refractivity contribution in [3.8, 4) is 0 Å². The highest BCUT2D eigenvalue weighted by Gasteiger charge is 2.03. The molecule has 0 aromatic rings. The van der Waals surface area contributed by atoms with Gasteiger partial charge in [0.15, 0.2) is 0 Å². The second-order valence-electron chi connectivity index (χ2n) is 8.50. The molecule has 0 aliphatic rings. The minimum Gasteiger partial charge on any atom is -0.463 e. The normalized spacial score (nSPS) is 10.9. The van der Waals surface area contributed by atoms with Crippen LogP contribution in [0.15, 0.2) is 0 Å². The first-order chi connectivity index (χ1) is 15.2. The molecule has 5 nitrogen and oxygen atoms in total. The second kappa shape index (κ2) is 25.2. The molecule has 0 saturated heterocycles. The molecule has 0 atom stereocenters. The molecule has 0 unspecified atom stereocenters. The lowest BCUT2D eigenvalue weighted by molar-refractivity contribution is -0.146. The van der Waals surface area contributed by atoms with E-state index in [4.69, 9.17) is 14.2 Å². The Morgan fingerprint density at radius 2 is 0.839 bits per heavy atom. The van der Waals surface area contributed by atoms with Crippen LogP contribution in [0.4, 0.5) is 0 Å². The minimum atomic E-state index is -0.193. The summed E-state index contributed by atoms with van der Waals surface area (Å²) < 4.78 is 15.4. The van der Waals surface area contributed by atoms with Gasteiger partial charge in [0.1, 0.15) is 13.2 Å². The van der Waals surface area contributed by atoms with Crippen molar-refractivity contribution in [3.05, 3.63) is 0 Å². The molecule has 0 amide bonds. The van der Waals surface area contributed by atoms with Gasteiger partial charge in [-0.3, -0.25) is 9.59 Å². The lowest BCUT2D eigenvalue weighted by Crippen LogP contribution is -2.14. The molecule has 0 fully saturated rings. The van der Waals surface area contributed by atoms with E-state index in [1.54, 1.807) is 0 Å². The maximum Gasteiger partial charge on any atom is 0.305 e. The van der Waals surface area contributed by atoms with E-state index in [9.17, 15) is 9.59 Å². The van der Waals surface area contributed by atoms with Crippen LogP contribution in [-0.2, 0) is 23.8 Å². The Hall–Kier alpha value is -1.10. The van der Waals surface area contributed by atoms with E-state index in [2.05, 4.69) is 6.92 Å². The molecule has 0 spiro atoms. The number of hydrogen-bond donors (Lipinski definition) is 0. The summed E-state index contributed by atoms with van der Waals surface area (Å²) in [5, 5.41) is 0. The van der Waals surface area contributed by atoms with Crippen molar-refractivity contribution in [2.24, 2.45) is 0 Å². The van der Waals surface area contributed by atoms with Gasteiger partial charge in [-0.25, -0.2) is 0 Å². The van der Waals surface area contributed by atoms with E-state index >= 15 is 0 Å². The molecule has 0 aromatic heterocycles. The van der Waals surface area contributed by atoms with Crippen LogP contribution in [0.25, 0.3) is 0 Å². The smallest absolute Gasteiger partial charge is 0.305 e. The van der Waals surface area contributed by atoms with E-state index in [1.165, 1.54) is 83.5 Å². The molecule has 0 radical (unpaired) electrons. The van der Waals surface area contributed by atoms with Crippen LogP contribution in [0.1, 0.15) is 129 Å². The molecule has 0 aliphatic carbocycles. The average molecular weight is 443 g/mol. The van der Waals surface area contributed by atoms with Crippen molar-refractivity contribution in [2.75, 3.05) is 26.4 Å². The zero-order chi connectivity index (χ0) is 22.8. The van der Waals surface area contributed by atoms with E-state index in [0.717, 1.165) is 19.3 Å². The van der Waals surface area contributed by atoms with Gasteiger partial charge in [0.25, 0.3) is 0 Å². The van der Waals surface area contributed by atoms with Crippen LogP contribution in [-0.4, -0.2) is 38.4 Å². The topological polar surface area (TPSA) is 61.8 Å². The minimum absolute atomic E-state index is 0.146. The number of ether oxygens (including phenoxy) is 3. The summed E-state index contributed by atoms with van der Waals surface area (Å²) in [6.07, 6.45) is 21.5. The fourth-order valence-corrected chi connectivity index (χ4v) is 3.52. The van der Waals surface area contributed by atoms with Gasteiger partial charge in [0.05, 0.1) is 13.2 Å². The fraction of sp³-hybridized carbons (Fsp3) is 0.923. The molecule has 0 bridgehead atoms. The van der Waals surface area contributed by atoms with Gasteiger partial charge in [-0.15, -0.1) is 0 Å². The highest BCUT2D eigenvalue weighted by atomic mass is 16.6. The molecule has 5 heteroatoms. The van der Waals surface area contributed by atoms with Crippen molar-refractivity contribution in [2.45, 2.75) is 129 Å². The van der Waals surface area contributed by atoms with Gasteiger partial charge in [-0.2, -0.15) is 0 Å². The lowest BCUT2D eigenvalue weighted by atomic mass is 10.0. The van der Waals surface area contributed by atoms with Crippen LogP contribution in [0, 0.1) is 0 Å². The quantitative estimate of drug-likeness (QED) is 0.117. The summed E-state index contributed by atoms with van der Waals surface area (Å²) in [5.41, 5.74) is 0. The maximum atomic E-state index is 11.7. The summed E-state index contributed by atoms with van der Waals surface area (Å²) in [5.74, 6) is -0.339. The van der Waals surface area contributed by atoms with Crippen LogP contribution in [0.3, 0.4) is 0 Å². The van der Waals surface area contributed by atoms with Gasteiger partial charge < -0.3 is 14.2 Å². The fourth-order valence-electron chi connectivity index (χ4n) is 3.52. The van der Waals surface area contributed by atoms with Gasteiger partial charge >= 0.3 is 11.9 Å². The third kappa shape index (κ3) is 25.0. The predicted octanol–water partition coefficient (Wildman–Crippen LogP) is 7.15. The number of rotatable bonds is 24. The molecule has 31 heavy (non-hydrogen) atoms. The van der Waals surface area contributed by atoms with Gasteiger partial charge in [0, 0.05) is 12.8 Å². The van der Waals surface area contributed by atoms with E-state index in [1.807, 2.05) is 6.92 Å². The van der Waals surface area contributed by atoms with E-state index in [0.29, 0.717) is 26.1 Å². The third-order valence-electron chi connectivity index (χ3n) is 5.42. The first kappa shape index (κ1) is 29.9. The Kier molecular flexibility index (Phi) is 24.3. The van der Waals surface area contributed by atoms with E-state index < -0.39 is 0 Å². The molecule has 184 valence electrons. The van der Waals surface area contributed by atoms with Gasteiger partial charge in [-0.1, -0.05) is 104 Å². The number of esters is 2. The molecular weight excluding hydrogens is 392 g/mol. The molecule has 0 saturated carbocycles. The van der Waals surface area contributed by atoms with Crippen molar-refractivity contribution in [3.63, 3.8) is 0 Å². The first-order valence-electron chi connectivity index (χ1n) is 13.1. The summed E-state index contributed by atoms with van der Waals surface area (Å²) in [7, 11) is 0. The maximum absolute atomic E-state index is 11.7. The van der Waals surface area contributed by atoms with Gasteiger partial charge in [0.2, 0.25) is 0 Å². The number of hydrogen-bond acceptors (Lipinski definition) is 5. The molecule has 0 aromatic carbocycles. The van der Waals surface area contributed by atoms with Crippen LogP contribution in [0.2, 0.25) is 0 Å². The van der Waals surface area contributed by atoms with Crippen molar-refractivity contribution < 1.29 is 23.8 Å². The van der Waals surface area contributed by atoms with Crippen LogP contribution < -0.4 is 0 Å². The number of carbonyl (C=O) groups excluding carboxylic acids is 2. The number of carbonyl (C=O) groups is 2. The Labute approximate surface area is 192 Å². The standard InChI is InChI=1S/C26H50O5/c1-3-5-6-7-8-9-10-11-12-13-14-15-16-17-18-20-26(28)31-24-22-29-21-23-30-25(27)19-4-2/h3-24H2,1-2H3.